The van der Waals surface area contributed by atoms with Gasteiger partial charge in [0.15, 0.2) is 5.82 Å². The van der Waals surface area contributed by atoms with Crippen LogP contribution in [-0.4, -0.2) is 21.0 Å². The minimum Gasteiger partial charge on any atom is -0.508 e. The SMILES string of the molecule is CC(C)=Cc1nc2c(nc1NC(=O)Cc1ccc(O)cc1)CCc1cc(C)ccc1-2. The van der Waals surface area contributed by atoms with Crippen molar-refractivity contribution in [1.82, 2.24) is 9.97 Å². The molecule has 1 aromatic heterocycles. The summed E-state index contributed by atoms with van der Waals surface area (Å²) in [5.41, 5.74) is 8.05. The lowest BCUT2D eigenvalue weighted by molar-refractivity contribution is -0.115. The summed E-state index contributed by atoms with van der Waals surface area (Å²) in [7, 11) is 0. The normalized spacial score (nSPS) is 12.0. The summed E-state index contributed by atoms with van der Waals surface area (Å²) in [6.07, 6.45) is 3.87. The Morgan fingerprint density at radius 3 is 2.60 bits per heavy atom. The number of carbonyl (C=O) groups excluding carboxylic acids is 1. The van der Waals surface area contributed by atoms with Crippen molar-refractivity contribution in [2.45, 2.75) is 40.0 Å². The molecular formula is C25H25N3O2. The highest BCUT2D eigenvalue weighted by Crippen LogP contribution is 2.33. The molecule has 3 aromatic rings. The lowest BCUT2D eigenvalue weighted by atomic mass is 9.90. The molecule has 0 bridgehead atoms. The molecule has 0 fully saturated rings. The third-order valence-corrected chi connectivity index (χ3v) is 5.13. The number of rotatable bonds is 4. The summed E-state index contributed by atoms with van der Waals surface area (Å²) in [5, 5.41) is 12.4. The van der Waals surface area contributed by atoms with Crippen LogP contribution in [0.3, 0.4) is 0 Å². The quantitative estimate of drug-likeness (QED) is 0.657. The molecule has 1 heterocycles. The number of aryl methyl sites for hydroxylation is 3. The molecule has 1 aliphatic carbocycles. The highest BCUT2D eigenvalue weighted by molar-refractivity contribution is 5.93. The summed E-state index contributed by atoms with van der Waals surface area (Å²) >= 11 is 0. The van der Waals surface area contributed by atoms with E-state index >= 15 is 0 Å². The van der Waals surface area contributed by atoms with Gasteiger partial charge in [0.2, 0.25) is 5.91 Å². The van der Waals surface area contributed by atoms with Crippen molar-refractivity contribution >= 4 is 17.8 Å². The summed E-state index contributed by atoms with van der Waals surface area (Å²) in [4.78, 5) is 22.4. The first-order chi connectivity index (χ1) is 14.4. The molecule has 30 heavy (non-hydrogen) atoms. The summed E-state index contributed by atoms with van der Waals surface area (Å²) in [6.45, 7) is 6.10. The molecule has 2 aromatic carbocycles. The Balaban J connectivity index is 1.68. The van der Waals surface area contributed by atoms with Crippen LogP contribution >= 0.6 is 0 Å². The largest absolute Gasteiger partial charge is 0.508 e. The topological polar surface area (TPSA) is 75.1 Å². The molecule has 1 amide bonds. The second-order valence-electron chi connectivity index (χ2n) is 8.03. The third kappa shape index (κ3) is 4.25. The highest BCUT2D eigenvalue weighted by Gasteiger charge is 2.22. The van der Waals surface area contributed by atoms with E-state index in [0.29, 0.717) is 11.5 Å². The zero-order chi connectivity index (χ0) is 21.3. The van der Waals surface area contributed by atoms with Crippen LogP contribution in [0.4, 0.5) is 5.82 Å². The van der Waals surface area contributed by atoms with Gasteiger partial charge in [0.25, 0.3) is 0 Å². The maximum atomic E-state index is 12.6. The molecule has 0 unspecified atom stereocenters. The number of fused-ring (bicyclic) bond motifs is 3. The summed E-state index contributed by atoms with van der Waals surface area (Å²) in [6, 6.07) is 13.1. The number of hydrogen-bond acceptors (Lipinski definition) is 4. The van der Waals surface area contributed by atoms with Crippen LogP contribution in [0.25, 0.3) is 17.3 Å². The van der Waals surface area contributed by atoms with Gasteiger partial charge in [-0.2, -0.15) is 0 Å². The number of allylic oxidation sites excluding steroid dienone is 1. The second-order valence-corrected chi connectivity index (χ2v) is 8.03. The standard InChI is InChI=1S/C25H25N3O2/c1-15(2)12-22-25(28-23(30)14-17-5-8-19(29)9-6-17)27-21-11-7-18-13-16(3)4-10-20(18)24(21)26-22/h4-6,8-10,12-13,29H,7,11,14H2,1-3H3,(H,27,28,30). The van der Waals surface area contributed by atoms with Crippen molar-refractivity contribution in [1.29, 1.82) is 0 Å². The highest BCUT2D eigenvalue weighted by atomic mass is 16.3. The molecule has 152 valence electrons. The van der Waals surface area contributed by atoms with Crippen LogP contribution in [0.1, 0.15) is 41.9 Å². The van der Waals surface area contributed by atoms with Crippen LogP contribution < -0.4 is 5.32 Å². The molecule has 0 atom stereocenters. The Hall–Kier alpha value is -3.47. The third-order valence-electron chi connectivity index (χ3n) is 5.13. The van der Waals surface area contributed by atoms with Gasteiger partial charge in [-0.1, -0.05) is 41.5 Å². The predicted octanol–water partition coefficient (Wildman–Crippen LogP) is 4.86. The predicted molar refractivity (Wildman–Crippen MR) is 119 cm³/mol. The van der Waals surface area contributed by atoms with Crippen LogP contribution in [0.2, 0.25) is 0 Å². The smallest absolute Gasteiger partial charge is 0.230 e. The van der Waals surface area contributed by atoms with E-state index in [4.69, 9.17) is 9.97 Å². The number of benzene rings is 2. The van der Waals surface area contributed by atoms with Crippen molar-refractivity contribution in [2.24, 2.45) is 0 Å². The van der Waals surface area contributed by atoms with E-state index in [0.717, 1.165) is 40.9 Å². The summed E-state index contributed by atoms with van der Waals surface area (Å²) in [5.74, 6) is 0.514. The number of amides is 1. The number of nitrogens with zero attached hydrogens (tertiary/aromatic N) is 2. The van der Waals surface area contributed by atoms with Crippen molar-refractivity contribution in [3.8, 4) is 17.0 Å². The molecule has 5 heteroatoms. The Morgan fingerprint density at radius 2 is 1.87 bits per heavy atom. The molecule has 5 nitrogen and oxygen atoms in total. The molecular weight excluding hydrogens is 374 g/mol. The summed E-state index contributed by atoms with van der Waals surface area (Å²) < 4.78 is 0. The molecule has 0 aliphatic heterocycles. The number of aromatic hydroxyl groups is 1. The van der Waals surface area contributed by atoms with Gasteiger partial charge in [0.05, 0.1) is 17.8 Å². The molecule has 4 rings (SSSR count). The van der Waals surface area contributed by atoms with Gasteiger partial charge < -0.3 is 10.4 Å². The molecule has 1 aliphatic rings. The van der Waals surface area contributed by atoms with Crippen molar-refractivity contribution in [2.75, 3.05) is 5.32 Å². The Bertz CT molecular complexity index is 1140. The molecule has 0 saturated carbocycles. The fourth-order valence-corrected chi connectivity index (χ4v) is 3.73. The fraction of sp³-hybridized carbons (Fsp3) is 0.240. The van der Waals surface area contributed by atoms with Gasteiger partial charge in [0.1, 0.15) is 11.4 Å². The minimum atomic E-state index is -0.162. The zero-order valence-electron chi connectivity index (χ0n) is 17.5. The van der Waals surface area contributed by atoms with E-state index in [1.54, 1.807) is 24.3 Å². The van der Waals surface area contributed by atoms with E-state index < -0.39 is 0 Å². The lowest BCUT2D eigenvalue weighted by Gasteiger charge is -2.21. The first-order valence-electron chi connectivity index (χ1n) is 10.1. The van der Waals surface area contributed by atoms with E-state index in [-0.39, 0.29) is 18.1 Å². The first-order valence-corrected chi connectivity index (χ1v) is 10.1. The van der Waals surface area contributed by atoms with Gasteiger partial charge in [-0.05, 0) is 62.9 Å². The maximum Gasteiger partial charge on any atom is 0.230 e. The van der Waals surface area contributed by atoms with E-state index in [1.807, 2.05) is 19.9 Å². The van der Waals surface area contributed by atoms with Crippen LogP contribution in [0.5, 0.6) is 5.75 Å². The number of aromatic nitrogens is 2. The maximum absolute atomic E-state index is 12.6. The average Bonchev–Trinajstić information content (AvgIpc) is 2.69. The Morgan fingerprint density at radius 1 is 1.10 bits per heavy atom. The monoisotopic (exact) mass is 399 g/mol. The van der Waals surface area contributed by atoms with Gasteiger partial charge in [-0.3, -0.25) is 4.79 Å². The minimum absolute atomic E-state index is 0.162. The van der Waals surface area contributed by atoms with E-state index in [1.165, 1.54) is 11.1 Å². The Labute approximate surface area is 176 Å². The molecule has 0 saturated heterocycles. The first kappa shape index (κ1) is 19.8. The van der Waals surface area contributed by atoms with Gasteiger partial charge in [-0.15, -0.1) is 0 Å². The molecule has 0 radical (unpaired) electrons. The van der Waals surface area contributed by atoms with Crippen molar-refractivity contribution < 1.29 is 9.90 Å². The number of nitrogens with one attached hydrogen (secondary N) is 1. The van der Waals surface area contributed by atoms with Crippen LogP contribution in [-0.2, 0) is 24.1 Å². The number of anilines is 1. The van der Waals surface area contributed by atoms with Crippen LogP contribution in [0, 0.1) is 6.92 Å². The number of hydrogen-bond donors (Lipinski definition) is 2. The Kier molecular flexibility index (Phi) is 5.36. The van der Waals surface area contributed by atoms with Crippen molar-refractivity contribution in [3.05, 3.63) is 76.1 Å². The number of carbonyl (C=O) groups is 1. The second kappa shape index (κ2) is 8.11. The van der Waals surface area contributed by atoms with E-state index in [9.17, 15) is 9.90 Å². The average molecular weight is 399 g/mol. The van der Waals surface area contributed by atoms with Gasteiger partial charge in [0, 0.05) is 5.56 Å². The van der Waals surface area contributed by atoms with E-state index in [2.05, 4.69) is 30.4 Å². The van der Waals surface area contributed by atoms with Crippen molar-refractivity contribution in [3.63, 3.8) is 0 Å². The number of phenols is 1. The molecule has 0 spiro atoms. The number of phenolic OH excluding ortho intramolecular Hbond substituents is 1. The fourth-order valence-electron chi connectivity index (χ4n) is 3.73. The zero-order valence-corrected chi connectivity index (χ0v) is 17.5. The van der Waals surface area contributed by atoms with Gasteiger partial charge in [-0.25, -0.2) is 9.97 Å². The lowest BCUT2D eigenvalue weighted by Crippen LogP contribution is -2.19. The van der Waals surface area contributed by atoms with Crippen LogP contribution in [0.15, 0.2) is 48.0 Å². The molecule has 2 N–H and O–H groups in total. The van der Waals surface area contributed by atoms with Gasteiger partial charge >= 0.3 is 0 Å².